The van der Waals surface area contributed by atoms with Gasteiger partial charge in [-0.2, -0.15) is 4.80 Å². The monoisotopic (exact) mass is 401 g/mol. The molecule has 8 nitrogen and oxygen atoms in total. The molecule has 1 amide bonds. The van der Waals surface area contributed by atoms with Gasteiger partial charge >= 0.3 is 0 Å². The molecule has 2 heterocycles. The number of nitrogens with one attached hydrogen (secondary N) is 1. The topological polar surface area (TPSA) is 112 Å². The molecule has 0 saturated heterocycles. The second-order valence-corrected chi connectivity index (χ2v) is 7.16. The largest absolute Gasteiger partial charge is 0.349 e. The van der Waals surface area contributed by atoms with Crippen LogP contribution >= 0.6 is 11.6 Å². The number of carbonyl (C=O) groups excluding carboxylic acids is 1. The van der Waals surface area contributed by atoms with Crippen LogP contribution in [-0.4, -0.2) is 36.6 Å². The molecule has 1 fully saturated rings. The van der Waals surface area contributed by atoms with Gasteiger partial charge in [0.25, 0.3) is 0 Å². The molecule has 0 spiro atoms. The van der Waals surface area contributed by atoms with E-state index in [0.717, 1.165) is 0 Å². The van der Waals surface area contributed by atoms with Crippen LogP contribution in [0, 0.1) is 5.82 Å². The number of tetrazole rings is 1. The van der Waals surface area contributed by atoms with E-state index in [1.54, 1.807) is 31.4 Å². The Morgan fingerprint density at radius 2 is 2.21 bits per heavy atom. The van der Waals surface area contributed by atoms with E-state index in [4.69, 9.17) is 17.3 Å². The van der Waals surface area contributed by atoms with E-state index in [1.807, 2.05) is 0 Å². The third kappa shape index (κ3) is 3.46. The third-order valence-corrected chi connectivity index (χ3v) is 4.96. The molecule has 144 valence electrons. The molecule has 4 rings (SSSR count). The molecule has 28 heavy (non-hydrogen) atoms. The van der Waals surface area contributed by atoms with Gasteiger partial charge in [-0.1, -0.05) is 23.7 Å². The van der Waals surface area contributed by atoms with Crippen molar-refractivity contribution in [2.75, 3.05) is 0 Å². The predicted molar refractivity (Wildman–Crippen MR) is 100 cm³/mol. The van der Waals surface area contributed by atoms with Crippen LogP contribution < -0.4 is 11.1 Å². The quantitative estimate of drug-likeness (QED) is 0.674. The van der Waals surface area contributed by atoms with Crippen molar-refractivity contribution in [1.29, 1.82) is 0 Å². The van der Waals surface area contributed by atoms with Gasteiger partial charge in [0.15, 0.2) is 0 Å². The number of pyridine rings is 1. The summed E-state index contributed by atoms with van der Waals surface area (Å²) in [5.41, 5.74) is 6.95. The summed E-state index contributed by atoms with van der Waals surface area (Å²) in [5, 5.41) is 14.8. The Balaban J connectivity index is 1.63. The summed E-state index contributed by atoms with van der Waals surface area (Å²) >= 11 is 6.35. The summed E-state index contributed by atoms with van der Waals surface area (Å²) in [4.78, 5) is 17.6. The Bertz CT molecular complexity index is 1060. The highest BCUT2D eigenvalue weighted by Gasteiger charge is 2.45. The summed E-state index contributed by atoms with van der Waals surface area (Å²) < 4.78 is 14.5. The fourth-order valence-electron chi connectivity index (χ4n) is 2.82. The number of carbonyl (C=O) groups is 1. The van der Waals surface area contributed by atoms with E-state index in [1.165, 1.54) is 10.9 Å². The van der Waals surface area contributed by atoms with Crippen molar-refractivity contribution in [1.82, 2.24) is 30.5 Å². The Morgan fingerprint density at radius 1 is 1.43 bits per heavy atom. The first-order valence-electron chi connectivity index (χ1n) is 8.62. The Labute approximate surface area is 164 Å². The number of rotatable bonds is 5. The number of hydrogen-bond donors (Lipinski definition) is 2. The number of nitrogens with two attached hydrogens (primary N) is 1. The molecule has 2 aromatic heterocycles. The Kier molecular flexibility index (Phi) is 4.56. The van der Waals surface area contributed by atoms with Crippen molar-refractivity contribution in [3.05, 3.63) is 47.0 Å². The van der Waals surface area contributed by atoms with Crippen molar-refractivity contribution in [3.63, 3.8) is 0 Å². The highest BCUT2D eigenvalue weighted by molar-refractivity contribution is 6.31. The van der Waals surface area contributed by atoms with E-state index >= 15 is 0 Å². The molecule has 3 N–H and O–H groups in total. The lowest BCUT2D eigenvalue weighted by molar-refractivity contribution is -0.123. The molecule has 0 atom stereocenters. The van der Waals surface area contributed by atoms with Crippen molar-refractivity contribution in [2.24, 2.45) is 12.8 Å². The molecular weight excluding hydrogens is 385 g/mol. The van der Waals surface area contributed by atoms with Crippen molar-refractivity contribution in [3.8, 4) is 22.5 Å². The highest BCUT2D eigenvalue weighted by Crippen LogP contribution is 2.34. The molecule has 0 bridgehead atoms. The van der Waals surface area contributed by atoms with Gasteiger partial charge in [0.1, 0.15) is 5.82 Å². The molecule has 0 aliphatic heterocycles. The minimum absolute atomic E-state index is 0.165. The van der Waals surface area contributed by atoms with Crippen LogP contribution in [0.4, 0.5) is 4.39 Å². The number of hydrogen-bond acceptors (Lipinski definition) is 6. The zero-order chi connectivity index (χ0) is 19.9. The van der Waals surface area contributed by atoms with E-state index < -0.39 is 11.4 Å². The van der Waals surface area contributed by atoms with Gasteiger partial charge in [0, 0.05) is 11.8 Å². The van der Waals surface area contributed by atoms with Crippen molar-refractivity contribution in [2.45, 2.75) is 24.9 Å². The molecule has 3 aromatic rings. The summed E-state index contributed by atoms with van der Waals surface area (Å²) in [7, 11) is 1.60. The molecule has 1 aliphatic rings. The van der Waals surface area contributed by atoms with Crippen molar-refractivity contribution >= 4 is 17.5 Å². The fraction of sp³-hybridized carbons (Fsp3) is 0.278. The SMILES string of the molecule is Cn1nnc(-c2c(F)cccc2-c2cnc(CNC(=O)C3(N)CC3)c(Cl)c2)n1. The molecule has 10 heteroatoms. The lowest BCUT2D eigenvalue weighted by atomic mass is 10.00. The van der Waals surface area contributed by atoms with Gasteiger partial charge in [-0.25, -0.2) is 4.39 Å². The zero-order valence-electron chi connectivity index (χ0n) is 15.0. The van der Waals surface area contributed by atoms with Gasteiger partial charge in [0.05, 0.1) is 35.4 Å². The summed E-state index contributed by atoms with van der Waals surface area (Å²) in [6, 6.07) is 6.31. The van der Waals surface area contributed by atoms with Crippen LogP contribution in [-0.2, 0) is 18.4 Å². The van der Waals surface area contributed by atoms with Crippen LogP contribution in [0.3, 0.4) is 0 Å². The van der Waals surface area contributed by atoms with Crippen LogP contribution in [0.1, 0.15) is 18.5 Å². The minimum atomic E-state index is -0.757. The average molecular weight is 402 g/mol. The van der Waals surface area contributed by atoms with Crippen LogP contribution in [0.5, 0.6) is 0 Å². The number of halogens is 2. The first-order valence-corrected chi connectivity index (χ1v) is 9.00. The number of benzene rings is 1. The maximum Gasteiger partial charge on any atom is 0.240 e. The summed E-state index contributed by atoms with van der Waals surface area (Å²) in [6.45, 7) is 0.165. The van der Waals surface area contributed by atoms with Gasteiger partial charge in [-0.3, -0.25) is 9.78 Å². The van der Waals surface area contributed by atoms with E-state index in [2.05, 4.69) is 25.7 Å². The number of aromatic nitrogens is 5. The fourth-order valence-corrected chi connectivity index (χ4v) is 3.05. The molecule has 0 radical (unpaired) electrons. The number of amides is 1. The van der Waals surface area contributed by atoms with E-state index in [0.29, 0.717) is 34.7 Å². The Hall–Kier alpha value is -2.91. The molecule has 0 unspecified atom stereocenters. The van der Waals surface area contributed by atoms with Crippen molar-refractivity contribution < 1.29 is 9.18 Å². The third-order valence-electron chi connectivity index (χ3n) is 4.63. The smallest absolute Gasteiger partial charge is 0.240 e. The minimum Gasteiger partial charge on any atom is -0.349 e. The molecular formula is C18H17ClFN7O. The molecule has 1 aromatic carbocycles. The first-order chi connectivity index (χ1) is 13.4. The van der Waals surface area contributed by atoms with Gasteiger partial charge in [-0.05, 0) is 35.8 Å². The highest BCUT2D eigenvalue weighted by atomic mass is 35.5. The maximum atomic E-state index is 14.5. The number of aryl methyl sites for hydroxylation is 1. The van der Waals surface area contributed by atoms with Crippen LogP contribution in [0.25, 0.3) is 22.5 Å². The van der Waals surface area contributed by atoms with Gasteiger partial charge in [-0.15, -0.1) is 10.2 Å². The second-order valence-electron chi connectivity index (χ2n) is 6.76. The van der Waals surface area contributed by atoms with Gasteiger partial charge in [0.2, 0.25) is 11.7 Å². The zero-order valence-corrected chi connectivity index (χ0v) is 15.7. The lowest BCUT2D eigenvalue weighted by Gasteiger charge is -2.12. The lowest BCUT2D eigenvalue weighted by Crippen LogP contribution is -2.42. The summed E-state index contributed by atoms with van der Waals surface area (Å²) in [5.74, 6) is -0.521. The Morgan fingerprint density at radius 3 is 2.86 bits per heavy atom. The normalized spacial score (nSPS) is 14.7. The van der Waals surface area contributed by atoms with Crippen LogP contribution in [0.15, 0.2) is 30.5 Å². The first kappa shape index (κ1) is 18.5. The molecule has 1 aliphatic carbocycles. The standard InChI is InChI=1S/C18H17ClFN7O/c1-27-25-16(24-26-27)15-11(3-2-4-13(15)20)10-7-12(19)14(22-8-10)9-23-17(28)18(21)5-6-18/h2-4,7-8H,5-6,9,21H2,1H3,(H,23,28). The van der Waals surface area contributed by atoms with Crippen LogP contribution in [0.2, 0.25) is 5.02 Å². The average Bonchev–Trinajstić information content (AvgIpc) is 3.28. The summed E-state index contributed by atoms with van der Waals surface area (Å²) in [6.07, 6.45) is 2.92. The maximum absolute atomic E-state index is 14.5. The van der Waals surface area contributed by atoms with E-state index in [9.17, 15) is 9.18 Å². The molecule has 1 saturated carbocycles. The second kappa shape index (κ2) is 6.92. The van der Waals surface area contributed by atoms with E-state index in [-0.39, 0.29) is 23.8 Å². The number of nitrogens with zero attached hydrogens (tertiary/aromatic N) is 5. The van der Waals surface area contributed by atoms with Gasteiger partial charge < -0.3 is 11.1 Å². The predicted octanol–water partition coefficient (Wildman–Crippen LogP) is 1.84.